The van der Waals surface area contributed by atoms with Crippen molar-refractivity contribution in [2.75, 3.05) is 24.6 Å². The van der Waals surface area contributed by atoms with Gasteiger partial charge in [-0.3, -0.25) is 9.11 Å². The Morgan fingerprint density at radius 2 is 2.17 bits per heavy atom. The smallest absolute Gasteiger partial charge is 0.122 e. The molecule has 1 N–H and O–H groups in total. The Morgan fingerprint density at radius 1 is 1.39 bits per heavy atom. The summed E-state index contributed by atoms with van der Waals surface area (Å²) in [6, 6.07) is 2.77. The van der Waals surface area contributed by atoms with E-state index >= 15 is 0 Å². The monoisotopic (exact) mass is 268 g/mol. The van der Waals surface area contributed by atoms with E-state index in [4.69, 9.17) is 4.42 Å². The number of nitrogens with zero attached hydrogens (tertiary/aromatic N) is 1. The van der Waals surface area contributed by atoms with E-state index in [0.29, 0.717) is 6.04 Å². The largest absolute Gasteiger partial charge is 0.468 e. The summed E-state index contributed by atoms with van der Waals surface area (Å²) in [4.78, 5) is 2.37. The lowest BCUT2D eigenvalue weighted by molar-refractivity contribution is 0.288. The van der Waals surface area contributed by atoms with E-state index in [-0.39, 0.29) is 0 Å². The summed E-state index contributed by atoms with van der Waals surface area (Å²) in [5.41, 5.74) is 1.27. The topological polar surface area (TPSA) is 45.5 Å². The summed E-state index contributed by atoms with van der Waals surface area (Å²) in [5, 5.41) is 3.48. The Morgan fingerprint density at radius 3 is 2.89 bits per heavy atom. The van der Waals surface area contributed by atoms with E-state index in [1.165, 1.54) is 18.4 Å². The lowest BCUT2D eigenvalue weighted by Gasteiger charge is -2.25. The van der Waals surface area contributed by atoms with E-state index in [2.05, 4.69) is 16.3 Å². The predicted octanol–water partition coefficient (Wildman–Crippen LogP) is 1.10. The van der Waals surface area contributed by atoms with Gasteiger partial charge in [0.25, 0.3) is 0 Å². The molecule has 0 atom stereocenters. The van der Waals surface area contributed by atoms with Crippen LogP contribution in [-0.4, -0.2) is 39.7 Å². The Balaban J connectivity index is 1.54. The van der Waals surface area contributed by atoms with Crippen LogP contribution in [0.3, 0.4) is 0 Å². The molecule has 0 bridgehead atoms. The number of hydrogen-bond donors (Lipinski definition) is 1. The molecule has 2 aliphatic rings. The van der Waals surface area contributed by atoms with Crippen LogP contribution in [0.4, 0.5) is 0 Å². The number of nitrogens with one attached hydrogen (secondary N) is 1. The van der Waals surface area contributed by atoms with Gasteiger partial charge in [-0.2, -0.15) is 0 Å². The molecule has 0 spiro atoms. The molecule has 1 aliphatic heterocycles. The highest BCUT2D eigenvalue weighted by Gasteiger charge is 2.22. The van der Waals surface area contributed by atoms with E-state index in [1.807, 2.05) is 0 Å². The Bertz CT molecular complexity index is 418. The van der Waals surface area contributed by atoms with Gasteiger partial charge >= 0.3 is 0 Å². The van der Waals surface area contributed by atoms with Crippen LogP contribution < -0.4 is 5.32 Å². The first kappa shape index (κ1) is 12.4. The highest BCUT2D eigenvalue weighted by atomic mass is 32.2. The molecule has 1 aromatic rings. The van der Waals surface area contributed by atoms with Gasteiger partial charge in [0.15, 0.2) is 0 Å². The second-order valence-corrected chi connectivity index (χ2v) is 6.84. The molecule has 18 heavy (non-hydrogen) atoms. The lowest BCUT2D eigenvalue weighted by atomic mass is 10.2. The SMILES string of the molecule is O=S1CCN(Cc2ccoc2CNC2CC2)CC1. The van der Waals surface area contributed by atoms with Crippen molar-refractivity contribution in [1.82, 2.24) is 10.2 Å². The third-order valence-electron chi connectivity index (χ3n) is 3.63. The molecule has 1 aliphatic carbocycles. The van der Waals surface area contributed by atoms with Gasteiger partial charge in [0.1, 0.15) is 5.76 Å². The van der Waals surface area contributed by atoms with Crippen LogP contribution in [0.15, 0.2) is 16.7 Å². The number of rotatable bonds is 5. The summed E-state index contributed by atoms with van der Waals surface area (Å²) in [6.45, 7) is 3.64. The molecule has 2 heterocycles. The quantitative estimate of drug-likeness (QED) is 0.868. The van der Waals surface area contributed by atoms with E-state index in [0.717, 1.165) is 43.4 Å². The normalized spacial score (nSPS) is 22.4. The molecule has 1 saturated carbocycles. The van der Waals surface area contributed by atoms with Crippen molar-refractivity contribution < 1.29 is 8.63 Å². The lowest BCUT2D eigenvalue weighted by Crippen LogP contribution is -2.37. The van der Waals surface area contributed by atoms with Crippen LogP contribution in [0.25, 0.3) is 0 Å². The molecule has 5 heteroatoms. The van der Waals surface area contributed by atoms with Gasteiger partial charge in [0, 0.05) is 53.5 Å². The van der Waals surface area contributed by atoms with Crippen molar-refractivity contribution in [2.45, 2.75) is 32.0 Å². The van der Waals surface area contributed by atoms with Crippen LogP contribution in [0.2, 0.25) is 0 Å². The molecule has 100 valence electrons. The van der Waals surface area contributed by atoms with Crippen molar-refractivity contribution in [3.05, 3.63) is 23.7 Å². The molecule has 0 radical (unpaired) electrons. The van der Waals surface area contributed by atoms with Gasteiger partial charge in [-0.05, 0) is 18.9 Å². The van der Waals surface area contributed by atoms with Crippen LogP contribution in [-0.2, 0) is 23.9 Å². The van der Waals surface area contributed by atoms with Crippen molar-refractivity contribution in [3.63, 3.8) is 0 Å². The highest BCUT2D eigenvalue weighted by molar-refractivity contribution is 7.85. The maximum Gasteiger partial charge on any atom is 0.122 e. The molecule has 0 unspecified atom stereocenters. The third-order valence-corrected chi connectivity index (χ3v) is 4.91. The fourth-order valence-electron chi connectivity index (χ4n) is 2.26. The number of hydrogen-bond acceptors (Lipinski definition) is 4. The molecular formula is C13H20N2O2S. The highest BCUT2D eigenvalue weighted by Crippen LogP contribution is 2.21. The van der Waals surface area contributed by atoms with Crippen molar-refractivity contribution in [1.29, 1.82) is 0 Å². The molecular weight excluding hydrogens is 248 g/mol. The summed E-state index contributed by atoms with van der Waals surface area (Å²) >= 11 is 0. The van der Waals surface area contributed by atoms with E-state index < -0.39 is 10.8 Å². The van der Waals surface area contributed by atoms with Crippen molar-refractivity contribution >= 4 is 10.8 Å². The minimum absolute atomic E-state index is 0.593. The zero-order valence-corrected chi connectivity index (χ0v) is 11.4. The van der Waals surface area contributed by atoms with Gasteiger partial charge in [0.05, 0.1) is 12.8 Å². The van der Waals surface area contributed by atoms with Crippen LogP contribution in [0.1, 0.15) is 24.2 Å². The second kappa shape index (κ2) is 5.55. The zero-order chi connectivity index (χ0) is 12.4. The first-order valence-electron chi connectivity index (χ1n) is 6.67. The van der Waals surface area contributed by atoms with Gasteiger partial charge in [-0.25, -0.2) is 0 Å². The van der Waals surface area contributed by atoms with Crippen LogP contribution in [0, 0.1) is 0 Å². The van der Waals surface area contributed by atoms with E-state index in [9.17, 15) is 4.21 Å². The molecule has 0 aromatic carbocycles. The fourth-order valence-corrected chi connectivity index (χ4v) is 3.39. The van der Waals surface area contributed by atoms with Gasteiger partial charge in [0.2, 0.25) is 0 Å². The Kier molecular flexibility index (Phi) is 3.82. The minimum atomic E-state index is -0.593. The zero-order valence-electron chi connectivity index (χ0n) is 10.6. The average molecular weight is 268 g/mol. The fraction of sp³-hybridized carbons (Fsp3) is 0.692. The molecule has 1 aromatic heterocycles. The first-order valence-corrected chi connectivity index (χ1v) is 8.16. The third kappa shape index (κ3) is 3.22. The summed E-state index contributed by atoms with van der Waals surface area (Å²) < 4.78 is 16.9. The molecule has 0 amide bonds. The first-order chi connectivity index (χ1) is 8.81. The minimum Gasteiger partial charge on any atom is -0.468 e. The molecule has 3 rings (SSSR count). The summed E-state index contributed by atoms with van der Waals surface area (Å²) in [5.74, 6) is 2.69. The Hall–Kier alpha value is -0.650. The predicted molar refractivity (Wildman–Crippen MR) is 71.7 cm³/mol. The molecule has 1 saturated heterocycles. The Labute approximate surface area is 110 Å². The maximum atomic E-state index is 11.3. The number of furan rings is 1. The molecule has 2 fully saturated rings. The average Bonchev–Trinajstić information content (AvgIpc) is 3.11. The van der Waals surface area contributed by atoms with Crippen LogP contribution in [0.5, 0.6) is 0 Å². The summed E-state index contributed by atoms with van der Waals surface area (Å²) in [7, 11) is -0.593. The van der Waals surface area contributed by atoms with Gasteiger partial charge < -0.3 is 9.73 Å². The van der Waals surface area contributed by atoms with Gasteiger partial charge in [-0.1, -0.05) is 0 Å². The maximum absolute atomic E-state index is 11.3. The van der Waals surface area contributed by atoms with Gasteiger partial charge in [-0.15, -0.1) is 0 Å². The molecule has 4 nitrogen and oxygen atoms in total. The van der Waals surface area contributed by atoms with E-state index in [1.54, 1.807) is 6.26 Å². The van der Waals surface area contributed by atoms with Crippen molar-refractivity contribution in [2.24, 2.45) is 0 Å². The van der Waals surface area contributed by atoms with Crippen LogP contribution >= 0.6 is 0 Å². The second-order valence-electron chi connectivity index (χ2n) is 5.15. The standard InChI is InChI=1S/C13H20N2O2S/c16-18-7-4-15(5-8-18)10-11-3-6-17-13(11)9-14-12-1-2-12/h3,6,12,14H,1-2,4-5,7-10H2. The van der Waals surface area contributed by atoms with Crippen molar-refractivity contribution in [3.8, 4) is 0 Å². The summed E-state index contributed by atoms with van der Waals surface area (Å²) in [6.07, 6.45) is 4.38.